The minimum atomic E-state index is -2.75. The number of alkyl halides is 2. The van der Waals surface area contributed by atoms with Crippen LogP contribution in [0, 0.1) is 22.7 Å². The fourth-order valence-electron chi connectivity index (χ4n) is 1.29. The highest BCUT2D eigenvalue weighted by molar-refractivity contribution is 5.49. The van der Waals surface area contributed by atoms with E-state index in [9.17, 15) is 8.78 Å². The summed E-state index contributed by atoms with van der Waals surface area (Å²) in [6, 6.07) is 3.48. The highest BCUT2D eigenvalue weighted by Crippen LogP contribution is 2.31. The van der Waals surface area contributed by atoms with Crippen LogP contribution in [0.15, 0.2) is 6.20 Å². The Balaban J connectivity index is 3.46. The molecule has 0 saturated heterocycles. The van der Waals surface area contributed by atoms with Crippen LogP contribution in [-0.2, 0) is 6.42 Å². The lowest BCUT2D eigenvalue weighted by Gasteiger charge is -2.11. The summed E-state index contributed by atoms with van der Waals surface area (Å²) in [5.41, 5.74) is -0.457. The van der Waals surface area contributed by atoms with Crippen molar-refractivity contribution in [3.8, 4) is 17.9 Å². The number of nitriles is 2. The van der Waals surface area contributed by atoms with Gasteiger partial charge in [-0.3, -0.25) is 0 Å². The first-order valence-electron chi connectivity index (χ1n) is 4.26. The van der Waals surface area contributed by atoms with Crippen molar-refractivity contribution in [2.24, 2.45) is 0 Å². The first kappa shape index (κ1) is 11.9. The minimum Gasteiger partial charge on any atom is -0.493 e. The maximum Gasteiger partial charge on any atom is 0.265 e. The van der Waals surface area contributed by atoms with Crippen molar-refractivity contribution in [2.45, 2.75) is 12.8 Å². The van der Waals surface area contributed by atoms with Gasteiger partial charge < -0.3 is 4.74 Å². The molecule has 0 spiro atoms. The molecule has 0 saturated carbocycles. The number of nitrogens with zero attached hydrogens (tertiary/aromatic N) is 3. The van der Waals surface area contributed by atoms with Crippen molar-refractivity contribution in [2.75, 3.05) is 7.11 Å². The lowest BCUT2D eigenvalue weighted by atomic mass is 10.1. The van der Waals surface area contributed by atoms with Crippen molar-refractivity contribution in [1.82, 2.24) is 4.98 Å². The molecule has 0 aromatic carbocycles. The first-order chi connectivity index (χ1) is 7.65. The molecule has 1 heterocycles. The third-order valence-electron chi connectivity index (χ3n) is 1.97. The van der Waals surface area contributed by atoms with Gasteiger partial charge in [-0.05, 0) is 0 Å². The largest absolute Gasteiger partial charge is 0.493 e. The van der Waals surface area contributed by atoms with E-state index in [1.54, 1.807) is 12.1 Å². The van der Waals surface area contributed by atoms with Crippen molar-refractivity contribution in [1.29, 1.82) is 10.5 Å². The van der Waals surface area contributed by atoms with Crippen molar-refractivity contribution >= 4 is 0 Å². The molecular weight excluding hydrogens is 216 g/mol. The molecule has 0 aliphatic heterocycles. The van der Waals surface area contributed by atoms with E-state index in [0.717, 1.165) is 6.20 Å². The van der Waals surface area contributed by atoms with Gasteiger partial charge in [-0.1, -0.05) is 0 Å². The van der Waals surface area contributed by atoms with Gasteiger partial charge >= 0.3 is 0 Å². The summed E-state index contributed by atoms with van der Waals surface area (Å²) in [5.74, 6) is -0.0538. The summed E-state index contributed by atoms with van der Waals surface area (Å²) < 4.78 is 30.1. The molecule has 0 atom stereocenters. The summed E-state index contributed by atoms with van der Waals surface area (Å²) >= 11 is 0. The van der Waals surface area contributed by atoms with Gasteiger partial charge in [-0.2, -0.15) is 10.5 Å². The second kappa shape index (κ2) is 5.04. The Hall–Kier alpha value is -2.21. The molecule has 0 aliphatic rings. The van der Waals surface area contributed by atoms with Gasteiger partial charge in [0.15, 0.2) is 11.4 Å². The number of aromatic nitrogens is 1. The van der Waals surface area contributed by atoms with Crippen LogP contribution in [0.1, 0.15) is 23.2 Å². The van der Waals surface area contributed by atoms with E-state index in [1.165, 1.54) is 7.11 Å². The summed E-state index contributed by atoms with van der Waals surface area (Å²) in [6.45, 7) is 0. The molecule has 0 fully saturated rings. The van der Waals surface area contributed by atoms with Crippen LogP contribution in [0.2, 0.25) is 0 Å². The van der Waals surface area contributed by atoms with E-state index in [1.807, 2.05) is 0 Å². The Morgan fingerprint density at radius 1 is 1.50 bits per heavy atom. The Bertz CT molecular complexity index is 474. The molecule has 0 aliphatic carbocycles. The third-order valence-corrected chi connectivity index (χ3v) is 1.97. The van der Waals surface area contributed by atoms with Gasteiger partial charge in [0, 0.05) is 17.3 Å². The van der Waals surface area contributed by atoms with Crippen LogP contribution >= 0.6 is 0 Å². The molecule has 0 radical (unpaired) electrons. The molecule has 0 amide bonds. The summed E-state index contributed by atoms with van der Waals surface area (Å²) in [7, 11) is 1.24. The van der Waals surface area contributed by atoms with E-state index in [2.05, 4.69) is 4.98 Å². The second-order valence-corrected chi connectivity index (χ2v) is 2.82. The second-order valence-electron chi connectivity index (χ2n) is 2.82. The number of methoxy groups -OCH3 is 1. The molecule has 0 N–H and O–H groups in total. The van der Waals surface area contributed by atoms with Crippen LogP contribution in [-0.4, -0.2) is 12.1 Å². The van der Waals surface area contributed by atoms with Gasteiger partial charge in [0.2, 0.25) is 0 Å². The standard InChI is InChI=1S/C10H7F2N3O/c1-16-9-6(2-3-13)7(10(11)12)5-15-8(9)4-14/h5,10H,2H2,1H3. The zero-order valence-electron chi connectivity index (χ0n) is 8.37. The molecule has 1 rings (SSSR count). The van der Waals surface area contributed by atoms with E-state index < -0.39 is 6.43 Å². The predicted octanol–water partition coefficient (Wildman–Crippen LogP) is 1.97. The Morgan fingerprint density at radius 3 is 2.62 bits per heavy atom. The van der Waals surface area contributed by atoms with Gasteiger partial charge in [-0.25, -0.2) is 13.8 Å². The monoisotopic (exact) mass is 223 g/mol. The van der Waals surface area contributed by atoms with Crippen LogP contribution in [0.3, 0.4) is 0 Å². The molecule has 1 aromatic rings. The highest BCUT2D eigenvalue weighted by Gasteiger charge is 2.20. The van der Waals surface area contributed by atoms with Crippen molar-refractivity contribution < 1.29 is 13.5 Å². The molecule has 16 heavy (non-hydrogen) atoms. The number of hydrogen-bond acceptors (Lipinski definition) is 4. The van der Waals surface area contributed by atoms with Crippen LogP contribution in [0.25, 0.3) is 0 Å². The summed E-state index contributed by atoms with van der Waals surface area (Å²) in [5, 5.41) is 17.3. The van der Waals surface area contributed by atoms with Crippen LogP contribution < -0.4 is 4.74 Å². The fourth-order valence-corrected chi connectivity index (χ4v) is 1.29. The SMILES string of the molecule is COc1c(C#N)ncc(C(F)F)c1CC#N. The maximum atomic E-state index is 12.6. The number of halogens is 2. The maximum absolute atomic E-state index is 12.6. The average molecular weight is 223 g/mol. The zero-order chi connectivity index (χ0) is 12.1. The Morgan fingerprint density at radius 2 is 2.19 bits per heavy atom. The molecule has 0 unspecified atom stereocenters. The van der Waals surface area contributed by atoms with E-state index in [0.29, 0.717) is 0 Å². The summed E-state index contributed by atoms with van der Waals surface area (Å²) in [4.78, 5) is 3.56. The normalized spacial score (nSPS) is 9.62. The number of rotatable bonds is 3. The molecule has 4 nitrogen and oxygen atoms in total. The fraction of sp³-hybridized carbons (Fsp3) is 0.300. The van der Waals surface area contributed by atoms with Gasteiger partial charge in [0.25, 0.3) is 6.43 Å². The van der Waals surface area contributed by atoms with Crippen LogP contribution in [0.5, 0.6) is 5.75 Å². The number of pyridine rings is 1. The van der Waals surface area contributed by atoms with E-state index in [-0.39, 0.29) is 29.0 Å². The van der Waals surface area contributed by atoms with Crippen LogP contribution in [0.4, 0.5) is 8.78 Å². The highest BCUT2D eigenvalue weighted by atomic mass is 19.3. The smallest absolute Gasteiger partial charge is 0.265 e. The number of ether oxygens (including phenoxy) is 1. The third kappa shape index (κ3) is 2.06. The Kier molecular flexibility index (Phi) is 3.73. The zero-order valence-corrected chi connectivity index (χ0v) is 8.37. The van der Waals surface area contributed by atoms with Gasteiger partial charge in [-0.15, -0.1) is 0 Å². The topological polar surface area (TPSA) is 69.7 Å². The van der Waals surface area contributed by atoms with Gasteiger partial charge in [0.1, 0.15) is 6.07 Å². The Labute approximate surface area is 90.7 Å². The number of hydrogen-bond donors (Lipinski definition) is 0. The summed E-state index contributed by atoms with van der Waals surface area (Å²) in [6.07, 6.45) is -2.10. The quantitative estimate of drug-likeness (QED) is 0.785. The lowest BCUT2D eigenvalue weighted by molar-refractivity contribution is 0.149. The van der Waals surface area contributed by atoms with E-state index in [4.69, 9.17) is 15.3 Å². The van der Waals surface area contributed by atoms with Crippen molar-refractivity contribution in [3.63, 3.8) is 0 Å². The predicted molar refractivity (Wildman–Crippen MR) is 49.8 cm³/mol. The molecule has 6 heteroatoms. The molecule has 0 bridgehead atoms. The first-order valence-corrected chi connectivity index (χ1v) is 4.26. The molecule has 82 valence electrons. The minimum absolute atomic E-state index is 0.0200. The van der Waals surface area contributed by atoms with Gasteiger partial charge in [0.05, 0.1) is 19.6 Å². The molecule has 1 aromatic heterocycles. The van der Waals surface area contributed by atoms with Crippen molar-refractivity contribution in [3.05, 3.63) is 23.0 Å². The molecular formula is C10H7F2N3O. The average Bonchev–Trinajstić information content (AvgIpc) is 2.28. The van der Waals surface area contributed by atoms with E-state index >= 15 is 0 Å². The lowest BCUT2D eigenvalue weighted by Crippen LogP contribution is -2.03.